The maximum atomic E-state index is 4.60. The zero-order chi connectivity index (χ0) is 14.5. The summed E-state index contributed by atoms with van der Waals surface area (Å²) in [5.74, 6) is 0. The standard InChI is InChI=1S/C17H25N3/c1-13(2)20-15(4)17(14(3)19-20)18-12-8-11-16-9-6-5-7-10-16/h5-7,9-10,13,18H,8,11-12H2,1-4H3. The van der Waals surface area contributed by atoms with Crippen LogP contribution in [0.4, 0.5) is 5.69 Å². The number of hydrogen-bond donors (Lipinski definition) is 1. The molecule has 0 radical (unpaired) electrons. The molecule has 1 aromatic carbocycles. The lowest BCUT2D eigenvalue weighted by Crippen LogP contribution is -2.07. The van der Waals surface area contributed by atoms with Crippen molar-refractivity contribution in [2.75, 3.05) is 11.9 Å². The van der Waals surface area contributed by atoms with Gasteiger partial charge in [-0.3, -0.25) is 4.68 Å². The van der Waals surface area contributed by atoms with Gasteiger partial charge >= 0.3 is 0 Å². The topological polar surface area (TPSA) is 29.9 Å². The Balaban J connectivity index is 1.88. The van der Waals surface area contributed by atoms with Gasteiger partial charge in [0.05, 0.1) is 17.1 Å². The van der Waals surface area contributed by atoms with Crippen LogP contribution < -0.4 is 5.32 Å². The molecule has 1 aromatic heterocycles. The van der Waals surface area contributed by atoms with Crippen molar-refractivity contribution in [1.82, 2.24) is 9.78 Å². The molecule has 0 bridgehead atoms. The van der Waals surface area contributed by atoms with Gasteiger partial charge in [0, 0.05) is 12.6 Å². The third kappa shape index (κ3) is 3.41. The average Bonchev–Trinajstić information content (AvgIpc) is 2.72. The molecule has 20 heavy (non-hydrogen) atoms. The molecule has 0 saturated heterocycles. The van der Waals surface area contributed by atoms with Crippen LogP contribution in [0.25, 0.3) is 0 Å². The zero-order valence-electron chi connectivity index (χ0n) is 13.0. The van der Waals surface area contributed by atoms with Gasteiger partial charge in [-0.25, -0.2) is 0 Å². The average molecular weight is 271 g/mol. The zero-order valence-corrected chi connectivity index (χ0v) is 13.0. The number of aromatic nitrogens is 2. The Morgan fingerprint density at radius 2 is 1.85 bits per heavy atom. The Kier molecular flexibility index (Phi) is 4.83. The predicted octanol–water partition coefficient (Wildman–Crippen LogP) is 4.13. The molecule has 0 saturated carbocycles. The first kappa shape index (κ1) is 14.6. The van der Waals surface area contributed by atoms with E-state index in [1.165, 1.54) is 16.9 Å². The second-order valence-electron chi connectivity index (χ2n) is 5.60. The Labute approximate surface area is 122 Å². The molecule has 0 aliphatic rings. The number of anilines is 1. The van der Waals surface area contributed by atoms with E-state index in [2.05, 4.69) is 73.1 Å². The molecule has 3 heteroatoms. The maximum absolute atomic E-state index is 4.60. The summed E-state index contributed by atoms with van der Waals surface area (Å²) in [6, 6.07) is 11.1. The summed E-state index contributed by atoms with van der Waals surface area (Å²) < 4.78 is 2.09. The predicted molar refractivity (Wildman–Crippen MR) is 85.3 cm³/mol. The van der Waals surface area contributed by atoms with E-state index in [0.29, 0.717) is 6.04 Å². The minimum absolute atomic E-state index is 0.411. The van der Waals surface area contributed by atoms with E-state index in [1.54, 1.807) is 0 Å². The summed E-state index contributed by atoms with van der Waals surface area (Å²) in [5, 5.41) is 8.14. The lowest BCUT2D eigenvalue weighted by molar-refractivity contribution is 0.516. The van der Waals surface area contributed by atoms with Crippen LogP contribution in [0.1, 0.15) is 43.3 Å². The summed E-state index contributed by atoms with van der Waals surface area (Å²) in [4.78, 5) is 0. The lowest BCUT2D eigenvalue weighted by atomic mass is 10.1. The van der Waals surface area contributed by atoms with Crippen LogP contribution >= 0.6 is 0 Å². The van der Waals surface area contributed by atoms with Crippen LogP contribution in [-0.4, -0.2) is 16.3 Å². The van der Waals surface area contributed by atoms with Crippen LogP contribution in [0.2, 0.25) is 0 Å². The molecule has 0 unspecified atom stereocenters. The normalized spacial score (nSPS) is 11.1. The SMILES string of the molecule is Cc1nn(C(C)C)c(C)c1NCCCc1ccccc1. The summed E-state index contributed by atoms with van der Waals surface area (Å²) in [6.07, 6.45) is 2.25. The molecule has 0 atom stereocenters. The molecular weight excluding hydrogens is 246 g/mol. The highest BCUT2D eigenvalue weighted by molar-refractivity contribution is 5.52. The Bertz CT molecular complexity index is 541. The second-order valence-corrected chi connectivity index (χ2v) is 5.60. The molecule has 108 valence electrons. The molecule has 3 nitrogen and oxygen atoms in total. The first-order valence-corrected chi connectivity index (χ1v) is 7.43. The van der Waals surface area contributed by atoms with Crippen LogP contribution in [0, 0.1) is 13.8 Å². The first-order valence-electron chi connectivity index (χ1n) is 7.43. The van der Waals surface area contributed by atoms with Crippen molar-refractivity contribution in [1.29, 1.82) is 0 Å². The van der Waals surface area contributed by atoms with Crippen molar-refractivity contribution in [3.8, 4) is 0 Å². The van der Waals surface area contributed by atoms with Gasteiger partial charge in [0.25, 0.3) is 0 Å². The highest BCUT2D eigenvalue weighted by Gasteiger charge is 2.12. The van der Waals surface area contributed by atoms with E-state index in [1.807, 2.05) is 0 Å². The third-order valence-corrected chi connectivity index (χ3v) is 3.60. The number of nitrogens with zero attached hydrogens (tertiary/aromatic N) is 2. The van der Waals surface area contributed by atoms with Crippen molar-refractivity contribution in [3.05, 3.63) is 47.3 Å². The summed E-state index contributed by atoms with van der Waals surface area (Å²) in [5.41, 5.74) is 4.93. The lowest BCUT2D eigenvalue weighted by Gasteiger charge is -2.10. The van der Waals surface area contributed by atoms with E-state index >= 15 is 0 Å². The van der Waals surface area contributed by atoms with Crippen LogP contribution in [0.15, 0.2) is 30.3 Å². The van der Waals surface area contributed by atoms with E-state index < -0.39 is 0 Å². The molecule has 0 amide bonds. The molecule has 0 fully saturated rings. The molecule has 0 aliphatic carbocycles. The van der Waals surface area contributed by atoms with E-state index in [4.69, 9.17) is 0 Å². The van der Waals surface area contributed by atoms with Crippen LogP contribution in [0.3, 0.4) is 0 Å². The number of hydrogen-bond acceptors (Lipinski definition) is 2. The quantitative estimate of drug-likeness (QED) is 0.801. The fourth-order valence-corrected chi connectivity index (χ4v) is 2.57. The Morgan fingerprint density at radius 3 is 2.45 bits per heavy atom. The van der Waals surface area contributed by atoms with Gasteiger partial charge in [0.1, 0.15) is 0 Å². The smallest absolute Gasteiger partial charge is 0.0828 e. The Morgan fingerprint density at radius 1 is 1.15 bits per heavy atom. The van der Waals surface area contributed by atoms with E-state index in [0.717, 1.165) is 25.1 Å². The van der Waals surface area contributed by atoms with Crippen molar-refractivity contribution in [2.45, 2.75) is 46.6 Å². The monoisotopic (exact) mass is 271 g/mol. The Hall–Kier alpha value is -1.77. The summed E-state index contributed by atoms with van der Waals surface area (Å²) in [7, 11) is 0. The molecule has 2 rings (SSSR count). The minimum Gasteiger partial charge on any atom is -0.382 e. The molecule has 1 N–H and O–H groups in total. The largest absolute Gasteiger partial charge is 0.382 e. The number of aryl methyl sites for hydroxylation is 2. The maximum Gasteiger partial charge on any atom is 0.0828 e. The van der Waals surface area contributed by atoms with Crippen LogP contribution in [-0.2, 0) is 6.42 Å². The van der Waals surface area contributed by atoms with E-state index in [9.17, 15) is 0 Å². The first-order chi connectivity index (χ1) is 9.59. The highest BCUT2D eigenvalue weighted by atomic mass is 15.3. The number of nitrogens with one attached hydrogen (secondary N) is 1. The second kappa shape index (κ2) is 6.60. The van der Waals surface area contributed by atoms with Crippen molar-refractivity contribution in [3.63, 3.8) is 0 Å². The minimum atomic E-state index is 0.411. The van der Waals surface area contributed by atoms with Crippen molar-refractivity contribution >= 4 is 5.69 Å². The summed E-state index contributed by atoms with van der Waals surface area (Å²) >= 11 is 0. The molecule has 0 aliphatic heterocycles. The number of rotatable bonds is 6. The van der Waals surface area contributed by atoms with E-state index in [-0.39, 0.29) is 0 Å². The van der Waals surface area contributed by atoms with Crippen molar-refractivity contribution < 1.29 is 0 Å². The van der Waals surface area contributed by atoms with Gasteiger partial charge in [-0.1, -0.05) is 30.3 Å². The fraction of sp³-hybridized carbons (Fsp3) is 0.471. The van der Waals surface area contributed by atoms with Gasteiger partial charge in [-0.05, 0) is 46.1 Å². The number of benzene rings is 1. The fourth-order valence-electron chi connectivity index (χ4n) is 2.57. The van der Waals surface area contributed by atoms with Gasteiger partial charge in [0.15, 0.2) is 0 Å². The van der Waals surface area contributed by atoms with Gasteiger partial charge in [0.2, 0.25) is 0 Å². The van der Waals surface area contributed by atoms with Gasteiger partial charge < -0.3 is 5.32 Å². The molecule has 1 heterocycles. The van der Waals surface area contributed by atoms with Crippen LogP contribution in [0.5, 0.6) is 0 Å². The molecular formula is C17H25N3. The third-order valence-electron chi connectivity index (χ3n) is 3.60. The highest BCUT2D eigenvalue weighted by Crippen LogP contribution is 2.22. The molecule has 2 aromatic rings. The van der Waals surface area contributed by atoms with Crippen molar-refractivity contribution in [2.24, 2.45) is 0 Å². The molecule has 0 spiro atoms. The van der Waals surface area contributed by atoms with Gasteiger partial charge in [-0.15, -0.1) is 0 Å². The summed E-state index contributed by atoms with van der Waals surface area (Å²) in [6.45, 7) is 9.53. The van der Waals surface area contributed by atoms with Gasteiger partial charge in [-0.2, -0.15) is 5.10 Å².